The first-order valence-corrected chi connectivity index (χ1v) is 9.41. The highest BCUT2D eigenvalue weighted by atomic mass is 16.5. The van der Waals surface area contributed by atoms with E-state index in [2.05, 4.69) is 10.5 Å². The van der Waals surface area contributed by atoms with Crippen molar-refractivity contribution in [3.8, 4) is 17.2 Å². The summed E-state index contributed by atoms with van der Waals surface area (Å²) in [5.74, 6) is 0.956. The number of nitrogens with zero attached hydrogens (tertiary/aromatic N) is 2. The van der Waals surface area contributed by atoms with Crippen molar-refractivity contribution < 1.29 is 14.3 Å². The topological polar surface area (TPSA) is 64.8 Å². The number of fused-ring (bicyclic) bond motifs is 1. The average molecular weight is 399 g/mol. The smallest absolute Gasteiger partial charge is 0.275 e. The van der Waals surface area contributed by atoms with Crippen LogP contribution in [0.4, 0.5) is 0 Å². The van der Waals surface area contributed by atoms with Crippen LogP contribution < -0.4 is 14.9 Å². The van der Waals surface area contributed by atoms with Gasteiger partial charge in [0.05, 0.1) is 31.7 Å². The van der Waals surface area contributed by atoms with Gasteiger partial charge in [0, 0.05) is 11.9 Å². The molecule has 150 valence electrons. The van der Waals surface area contributed by atoms with Gasteiger partial charge in [-0.25, -0.2) is 5.43 Å². The van der Waals surface area contributed by atoms with Crippen LogP contribution in [0.2, 0.25) is 0 Å². The molecule has 0 aliphatic carbocycles. The van der Waals surface area contributed by atoms with Gasteiger partial charge in [0.25, 0.3) is 5.91 Å². The molecule has 0 atom stereocenters. The monoisotopic (exact) mass is 399 g/mol. The van der Waals surface area contributed by atoms with Gasteiger partial charge in [-0.3, -0.25) is 4.79 Å². The quantitative estimate of drug-likeness (QED) is 0.386. The number of nitrogens with one attached hydrogen (secondary N) is 1. The molecule has 0 spiro atoms. The number of carbonyl (C=O) groups is 1. The van der Waals surface area contributed by atoms with Gasteiger partial charge in [-0.1, -0.05) is 24.3 Å². The molecular weight excluding hydrogens is 378 g/mol. The fourth-order valence-electron chi connectivity index (χ4n) is 3.26. The van der Waals surface area contributed by atoms with Crippen LogP contribution >= 0.6 is 0 Å². The van der Waals surface area contributed by atoms with Gasteiger partial charge in [0.2, 0.25) is 0 Å². The van der Waals surface area contributed by atoms with Gasteiger partial charge >= 0.3 is 0 Å². The van der Waals surface area contributed by atoms with Crippen LogP contribution in [-0.2, 0) is 0 Å². The number of ether oxygens (including phenoxy) is 2. The molecule has 6 nitrogen and oxygen atoms in total. The summed E-state index contributed by atoms with van der Waals surface area (Å²) < 4.78 is 12.6. The van der Waals surface area contributed by atoms with Crippen LogP contribution in [0.15, 0.2) is 84.1 Å². The minimum Gasteiger partial charge on any atom is -0.497 e. The van der Waals surface area contributed by atoms with E-state index in [-0.39, 0.29) is 5.91 Å². The molecule has 1 aromatic heterocycles. The predicted molar refractivity (Wildman–Crippen MR) is 118 cm³/mol. The van der Waals surface area contributed by atoms with E-state index >= 15 is 0 Å². The van der Waals surface area contributed by atoms with Gasteiger partial charge in [-0.15, -0.1) is 0 Å². The Morgan fingerprint density at radius 3 is 2.37 bits per heavy atom. The second-order valence-electron chi connectivity index (χ2n) is 6.60. The van der Waals surface area contributed by atoms with Crippen molar-refractivity contribution in [3.05, 3.63) is 90.3 Å². The summed E-state index contributed by atoms with van der Waals surface area (Å²) >= 11 is 0. The summed E-state index contributed by atoms with van der Waals surface area (Å²) in [7, 11) is 3.18. The Morgan fingerprint density at radius 1 is 0.933 bits per heavy atom. The van der Waals surface area contributed by atoms with E-state index in [4.69, 9.17) is 9.47 Å². The van der Waals surface area contributed by atoms with Gasteiger partial charge in [-0.2, -0.15) is 5.10 Å². The highest BCUT2D eigenvalue weighted by Crippen LogP contribution is 2.26. The highest BCUT2D eigenvalue weighted by Gasteiger charge is 2.13. The molecule has 0 fully saturated rings. The molecule has 30 heavy (non-hydrogen) atoms. The molecule has 0 saturated heterocycles. The number of amides is 1. The summed E-state index contributed by atoms with van der Waals surface area (Å²) in [4.78, 5) is 12.7. The van der Waals surface area contributed by atoms with E-state index < -0.39 is 0 Å². The van der Waals surface area contributed by atoms with Gasteiger partial charge in [-0.05, 0) is 59.3 Å². The highest BCUT2D eigenvalue weighted by molar-refractivity contribution is 6.01. The largest absolute Gasteiger partial charge is 0.497 e. The summed E-state index contributed by atoms with van der Waals surface area (Å²) in [6.07, 6.45) is 3.53. The standard InChI is InChI=1S/C24H21N3O3/c1-29-21-11-9-19(10-12-21)27-13-5-8-20(27)16-25-26-24(28)22-14-17-6-3-4-7-18(17)15-23(22)30-2/h3-16H,1-2H3,(H,26,28)/b25-16-. The van der Waals surface area contributed by atoms with Crippen molar-refractivity contribution in [1.29, 1.82) is 0 Å². The van der Waals surface area contributed by atoms with Crippen molar-refractivity contribution in [2.24, 2.45) is 5.10 Å². The van der Waals surface area contributed by atoms with E-state index in [1.54, 1.807) is 26.5 Å². The van der Waals surface area contributed by atoms with Crippen LogP contribution in [0.3, 0.4) is 0 Å². The van der Waals surface area contributed by atoms with E-state index in [0.29, 0.717) is 11.3 Å². The number of hydrogen-bond acceptors (Lipinski definition) is 4. The number of rotatable bonds is 6. The predicted octanol–water partition coefficient (Wildman–Crippen LogP) is 4.41. The van der Waals surface area contributed by atoms with Crippen molar-refractivity contribution in [2.75, 3.05) is 14.2 Å². The van der Waals surface area contributed by atoms with E-state index in [1.165, 1.54) is 0 Å². The van der Waals surface area contributed by atoms with Crippen LogP contribution in [0.25, 0.3) is 16.5 Å². The molecule has 0 radical (unpaired) electrons. The van der Waals surface area contributed by atoms with Crippen molar-refractivity contribution >= 4 is 22.9 Å². The van der Waals surface area contributed by atoms with Crippen LogP contribution in [0, 0.1) is 0 Å². The lowest BCUT2D eigenvalue weighted by atomic mass is 10.1. The number of hydrazone groups is 1. The van der Waals surface area contributed by atoms with Gasteiger partial charge in [0.15, 0.2) is 0 Å². The Morgan fingerprint density at radius 2 is 1.67 bits per heavy atom. The Labute approximate surface area is 174 Å². The normalized spacial score (nSPS) is 11.0. The maximum absolute atomic E-state index is 12.7. The molecule has 1 heterocycles. The van der Waals surface area contributed by atoms with E-state index in [1.807, 2.05) is 77.5 Å². The average Bonchev–Trinajstić information content (AvgIpc) is 3.26. The first-order valence-electron chi connectivity index (χ1n) is 9.41. The second-order valence-corrected chi connectivity index (χ2v) is 6.60. The summed E-state index contributed by atoms with van der Waals surface area (Å²) in [6.45, 7) is 0. The third kappa shape index (κ3) is 3.89. The minimum absolute atomic E-state index is 0.337. The van der Waals surface area contributed by atoms with Crippen molar-refractivity contribution in [2.45, 2.75) is 0 Å². The maximum Gasteiger partial charge on any atom is 0.275 e. The molecule has 3 aromatic carbocycles. The van der Waals surface area contributed by atoms with Crippen LogP contribution in [0.1, 0.15) is 16.1 Å². The van der Waals surface area contributed by atoms with Crippen molar-refractivity contribution in [1.82, 2.24) is 9.99 Å². The molecule has 4 aromatic rings. The molecule has 1 N–H and O–H groups in total. The van der Waals surface area contributed by atoms with E-state index in [0.717, 1.165) is 27.9 Å². The zero-order valence-electron chi connectivity index (χ0n) is 16.7. The lowest BCUT2D eigenvalue weighted by molar-refractivity contribution is 0.0952. The number of aromatic nitrogens is 1. The fourth-order valence-corrected chi connectivity index (χ4v) is 3.26. The molecule has 0 bridgehead atoms. The van der Waals surface area contributed by atoms with E-state index in [9.17, 15) is 4.79 Å². The third-order valence-electron chi connectivity index (χ3n) is 4.81. The second kappa shape index (κ2) is 8.53. The fraction of sp³-hybridized carbons (Fsp3) is 0.0833. The molecule has 4 rings (SSSR count). The summed E-state index contributed by atoms with van der Waals surface area (Å²) in [5.41, 5.74) is 4.81. The maximum atomic E-state index is 12.7. The van der Waals surface area contributed by atoms with Crippen molar-refractivity contribution in [3.63, 3.8) is 0 Å². The number of hydrogen-bond donors (Lipinski definition) is 1. The minimum atomic E-state index is -0.337. The first-order chi connectivity index (χ1) is 14.7. The Kier molecular flexibility index (Phi) is 5.48. The summed E-state index contributed by atoms with van der Waals surface area (Å²) in [6, 6.07) is 23.0. The van der Waals surface area contributed by atoms with Crippen LogP contribution in [-0.4, -0.2) is 30.9 Å². The number of benzene rings is 3. The zero-order valence-corrected chi connectivity index (χ0v) is 16.7. The molecule has 0 saturated carbocycles. The molecule has 0 aliphatic rings. The van der Waals surface area contributed by atoms with Gasteiger partial charge in [0.1, 0.15) is 11.5 Å². The molecule has 0 aliphatic heterocycles. The van der Waals surface area contributed by atoms with Crippen LogP contribution in [0.5, 0.6) is 11.5 Å². The molecule has 0 unspecified atom stereocenters. The third-order valence-corrected chi connectivity index (χ3v) is 4.81. The Bertz CT molecular complexity index is 1210. The Balaban J connectivity index is 1.53. The lowest BCUT2D eigenvalue weighted by Crippen LogP contribution is -2.18. The summed E-state index contributed by atoms with van der Waals surface area (Å²) in [5, 5.41) is 6.11. The molecule has 1 amide bonds. The molecular formula is C24H21N3O3. The SMILES string of the molecule is COc1ccc(-n2cccc2/C=N\NC(=O)c2cc3ccccc3cc2OC)cc1. The zero-order chi connectivity index (χ0) is 20.9. The number of methoxy groups -OCH3 is 2. The first kappa shape index (κ1) is 19.3. The lowest BCUT2D eigenvalue weighted by Gasteiger charge is -2.09. The van der Waals surface area contributed by atoms with Gasteiger partial charge < -0.3 is 14.0 Å². The molecule has 6 heteroatoms. The Hall–Kier alpha value is -4.06. The number of carbonyl (C=O) groups excluding carboxylic acids is 1.